The third-order valence-electron chi connectivity index (χ3n) is 4.64. The van der Waals surface area contributed by atoms with Gasteiger partial charge in [0.25, 0.3) is 0 Å². The van der Waals surface area contributed by atoms with Crippen molar-refractivity contribution in [3.8, 4) is 0 Å². The van der Waals surface area contributed by atoms with Crippen LogP contribution < -0.4 is 11.1 Å². The van der Waals surface area contributed by atoms with Gasteiger partial charge in [0.1, 0.15) is 5.54 Å². The Labute approximate surface area is 171 Å². The van der Waals surface area contributed by atoms with E-state index in [0.29, 0.717) is 37.3 Å². The third-order valence-corrected chi connectivity index (χ3v) is 6.18. The van der Waals surface area contributed by atoms with Gasteiger partial charge in [-0.05, 0) is 36.1 Å². The average molecular weight is 425 g/mol. The minimum atomic E-state index is -3.32. The Hall–Kier alpha value is -1.93. The normalized spacial score (nSPS) is 16.0. The fraction of sp³-hybridized carbons (Fsp3) is 0.350. The molecule has 152 valence electrons. The summed E-state index contributed by atoms with van der Waals surface area (Å²) in [5.41, 5.74) is 7.17. The zero-order valence-electron chi connectivity index (χ0n) is 15.5. The quantitative estimate of drug-likeness (QED) is 0.742. The van der Waals surface area contributed by atoms with Crippen LogP contribution in [0.25, 0.3) is 0 Å². The fourth-order valence-electron chi connectivity index (χ4n) is 3.09. The first-order valence-corrected chi connectivity index (χ1v) is 10.7. The minimum Gasteiger partial charge on any atom is -0.381 e. The number of ether oxygens (including phenoxy) is 1. The van der Waals surface area contributed by atoms with Gasteiger partial charge < -0.3 is 15.8 Å². The zero-order chi connectivity index (χ0) is 19.3. The van der Waals surface area contributed by atoms with Crippen LogP contribution in [0.5, 0.6) is 0 Å². The van der Waals surface area contributed by atoms with Gasteiger partial charge >= 0.3 is 0 Å². The van der Waals surface area contributed by atoms with Gasteiger partial charge in [-0.1, -0.05) is 42.5 Å². The van der Waals surface area contributed by atoms with Gasteiger partial charge in [0.2, 0.25) is 5.91 Å². The largest absolute Gasteiger partial charge is 0.381 e. The van der Waals surface area contributed by atoms with Crippen LogP contribution in [0.3, 0.4) is 0 Å². The second-order valence-electron chi connectivity index (χ2n) is 6.94. The number of hydrogen-bond acceptors (Lipinski definition) is 5. The lowest BCUT2D eigenvalue weighted by Gasteiger charge is -2.31. The molecular weight excluding hydrogens is 400 g/mol. The smallest absolute Gasteiger partial charge is 0.244 e. The Morgan fingerprint density at radius 2 is 1.61 bits per heavy atom. The molecule has 1 heterocycles. The van der Waals surface area contributed by atoms with E-state index < -0.39 is 15.4 Å². The lowest BCUT2D eigenvalue weighted by molar-refractivity contribution is -0.124. The van der Waals surface area contributed by atoms with Gasteiger partial charge in [0.15, 0.2) is 9.84 Å². The Kier molecular flexibility index (Phi) is 7.60. The van der Waals surface area contributed by atoms with E-state index in [2.05, 4.69) is 5.32 Å². The highest BCUT2D eigenvalue weighted by molar-refractivity contribution is 7.89. The number of carbonyl (C=O) groups excluding carboxylic acids is 1. The molecule has 0 radical (unpaired) electrons. The number of sulfone groups is 1. The van der Waals surface area contributed by atoms with E-state index in [1.54, 1.807) is 36.4 Å². The van der Waals surface area contributed by atoms with Crippen LogP contribution >= 0.6 is 12.4 Å². The van der Waals surface area contributed by atoms with Crippen LogP contribution in [0, 0.1) is 0 Å². The van der Waals surface area contributed by atoms with E-state index in [-0.39, 0.29) is 29.8 Å². The van der Waals surface area contributed by atoms with Gasteiger partial charge in [-0.25, -0.2) is 8.42 Å². The average Bonchev–Trinajstić information content (AvgIpc) is 2.62. The number of benzene rings is 2. The Morgan fingerprint density at radius 1 is 1.00 bits per heavy atom. The topological polar surface area (TPSA) is 98.5 Å². The van der Waals surface area contributed by atoms with E-state index in [0.717, 1.165) is 5.56 Å². The summed E-state index contributed by atoms with van der Waals surface area (Å²) in [6, 6.07) is 16.0. The second kappa shape index (κ2) is 9.52. The highest BCUT2D eigenvalue weighted by Crippen LogP contribution is 2.21. The molecule has 2 aromatic rings. The number of halogens is 1. The molecule has 3 N–H and O–H groups in total. The number of carbonyl (C=O) groups is 1. The minimum absolute atomic E-state index is 0. The molecule has 0 atom stereocenters. The number of amides is 1. The summed E-state index contributed by atoms with van der Waals surface area (Å²) in [6.45, 7) is 0.920. The molecule has 0 unspecified atom stereocenters. The lowest BCUT2D eigenvalue weighted by atomic mass is 9.90. The molecule has 3 rings (SSSR count). The van der Waals surface area contributed by atoms with Crippen LogP contribution in [-0.2, 0) is 30.9 Å². The summed E-state index contributed by atoms with van der Waals surface area (Å²) in [6.07, 6.45) is 0.925. The summed E-state index contributed by atoms with van der Waals surface area (Å²) in [4.78, 5) is 12.5. The molecular formula is C20H25ClN2O4S. The second-order valence-corrected chi connectivity index (χ2v) is 9.01. The highest BCUT2D eigenvalue weighted by Gasteiger charge is 2.35. The van der Waals surface area contributed by atoms with E-state index in [9.17, 15) is 13.2 Å². The molecule has 0 aromatic heterocycles. The molecule has 1 fully saturated rings. The zero-order valence-corrected chi connectivity index (χ0v) is 17.1. The summed E-state index contributed by atoms with van der Waals surface area (Å²) < 4.78 is 30.2. The number of nitrogens with two attached hydrogens (primary N) is 1. The van der Waals surface area contributed by atoms with Crippen molar-refractivity contribution in [3.05, 3.63) is 65.7 Å². The van der Waals surface area contributed by atoms with Crippen molar-refractivity contribution in [2.45, 2.75) is 29.9 Å². The summed E-state index contributed by atoms with van der Waals surface area (Å²) >= 11 is 0. The fourth-order valence-corrected chi connectivity index (χ4v) is 4.58. The SMILES string of the molecule is Cl.NC1(C(=O)Nc2cccc(CS(=O)(=O)Cc3ccccc3)c2)CCOCC1. The van der Waals surface area contributed by atoms with E-state index in [1.165, 1.54) is 0 Å². The Balaban J connectivity index is 0.00000280. The molecule has 2 aromatic carbocycles. The molecule has 1 aliphatic rings. The first kappa shape index (κ1) is 22.4. The molecule has 0 bridgehead atoms. The van der Waals surface area contributed by atoms with Crippen LogP contribution in [0.4, 0.5) is 5.69 Å². The van der Waals surface area contributed by atoms with Gasteiger partial charge in [0, 0.05) is 18.9 Å². The maximum Gasteiger partial charge on any atom is 0.244 e. The number of rotatable bonds is 6. The number of nitrogens with one attached hydrogen (secondary N) is 1. The van der Waals surface area contributed by atoms with E-state index in [1.807, 2.05) is 18.2 Å². The van der Waals surface area contributed by atoms with Crippen LogP contribution in [-0.4, -0.2) is 33.1 Å². The van der Waals surface area contributed by atoms with Gasteiger partial charge in [0.05, 0.1) is 11.5 Å². The molecule has 1 saturated heterocycles. The molecule has 6 nitrogen and oxygen atoms in total. The van der Waals surface area contributed by atoms with Crippen LogP contribution in [0.2, 0.25) is 0 Å². The molecule has 8 heteroatoms. The molecule has 0 saturated carbocycles. The van der Waals surface area contributed by atoms with Crippen molar-refractivity contribution in [1.82, 2.24) is 0 Å². The monoisotopic (exact) mass is 424 g/mol. The van der Waals surface area contributed by atoms with Crippen molar-refractivity contribution in [2.24, 2.45) is 5.73 Å². The van der Waals surface area contributed by atoms with Crippen molar-refractivity contribution >= 4 is 33.8 Å². The first-order chi connectivity index (χ1) is 12.9. The van der Waals surface area contributed by atoms with Crippen molar-refractivity contribution in [2.75, 3.05) is 18.5 Å². The predicted octanol–water partition coefficient (Wildman–Crippen LogP) is 2.67. The predicted molar refractivity (Wildman–Crippen MR) is 112 cm³/mol. The van der Waals surface area contributed by atoms with Gasteiger partial charge in [-0.15, -0.1) is 12.4 Å². The first-order valence-electron chi connectivity index (χ1n) is 8.88. The van der Waals surface area contributed by atoms with E-state index in [4.69, 9.17) is 10.5 Å². The maximum absolute atomic E-state index is 12.5. The molecule has 0 spiro atoms. The summed E-state index contributed by atoms with van der Waals surface area (Å²) in [5, 5.41) is 2.81. The van der Waals surface area contributed by atoms with Crippen LogP contribution in [0.1, 0.15) is 24.0 Å². The molecule has 28 heavy (non-hydrogen) atoms. The Morgan fingerprint density at radius 3 is 2.29 bits per heavy atom. The highest BCUT2D eigenvalue weighted by atomic mass is 35.5. The third kappa shape index (κ3) is 6.04. The van der Waals surface area contributed by atoms with Crippen molar-refractivity contribution in [1.29, 1.82) is 0 Å². The van der Waals surface area contributed by atoms with E-state index >= 15 is 0 Å². The summed E-state index contributed by atoms with van der Waals surface area (Å²) in [7, 11) is -3.32. The molecule has 1 aliphatic heterocycles. The van der Waals surface area contributed by atoms with Crippen molar-refractivity contribution in [3.63, 3.8) is 0 Å². The molecule has 1 amide bonds. The Bertz CT molecular complexity index is 897. The van der Waals surface area contributed by atoms with Crippen LogP contribution in [0.15, 0.2) is 54.6 Å². The molecule has 0 aliphatic carbocycles. The lowest BCUT2D eigenvalue weighted by Crippen LogP contribution is -2.54. The van der Waals surface area contributed by atoms with Crippen molar-refractivity contribution < 1.29 is 17.9 Å². The standard InChI is InChI=1S/C20H24N2O4S.ClH/c21-20(9-11-26-12-10-20)19(23)22-18-8-4-7-17(13-18)15-27(24,25)14-16-5-2-1-3-6-16;/h1-8,13H,9-12,14-15,21H2,(H,22,23);1H. The van der Waals surface area contributed by atoms with Gasteiger partial charge in [-0.2, -0.15) is 0 Å². The number of hydrogen-bond donors (Lipinski definition) is 2. The summed E-state index contributed by atoms with van der Waals surface area (Å²) in [5.74, 6) is -0.376. The maximum atomic E-state index is 12.5. The van der Waals surface area contributed by atoms with Gasteiger partial charge in [-0.3, -0.25) is 4.79 Å². The number of anilines is 1.